The van der Waals surface area contributed by atoms with Crippen molar-refractivity contribution in [2.75, 3.05) is 13.1 Å². The Bertz CT molecular complexity index is 620. The molecule has 4 aliphatic rings. The summed E-state index contributed by atoms with van der Waals surface area (Å²) in [6, 6.07) is 0.704. The van der Waals surface area contributed by atoms with Gasteiger partial charge in [0.25, 0.3) is 0 Å². The van der Waals surface area contributed by atoms with Crippen molar-refractivity contribution in [3.63, 3.8) is 0 Å². The fraction of sp³-hybridized carbons (Fsp3) is 0.963. The fourth-order valence-corrected chi connectivity index (χ4v) is 9.34. The first kappa shape index (κ1) is 22.8. The fourth-order valence-electron chi connectivity index (χ4n) is 9.34. The van der Waals surface area contributed by atoms with Crippen LogP contribution < -0.4 is 11.1 Å². The van der Waals surface area contributed by atoms with Gasteiger partial charge in [0.05, 0.1) is 0 Å². The molecule has 0 amide bonds. The Labute approximate surface area is 185 Å². The van der Waals surface area contributed by atoms with Crippen molar-refractivity contribution >= 4 is 5.78 Å². The summed E-state index contributed by atoms with van der Waals surface area (Å²) < 4.78 is 0. The molecule has 4 aliphatic carbocycles. The van der Waals surface area contributed by atoms with Gasteiger partial charge in [0.2, 0.25) is 0 Å². The van der Waals surface area contributed by atoms with Crippen LogP contribution in [0.5, 0.6) is 0 Å². The normalized spacial score (nSPS) is 46.6. The zero-order chi connectivity index (χ0) is 21.5. The molecule has 4 saturated carbocycles. The summed E-state index contributed by atoms with van der Waals surface area (Å²) in [5.74, 6) is 5.68. The van der Waals surface area contributed by atoms with Crippen LogP contribution in [0.4, 0.5) is 0 Å². The standard InChI is InChI=1S/C27H48N2O/c1-18(5-6-19(2)30)23-9-10-24-22-8-7-20-17-21(29-16-15-28)11-13-26(20,3)25(22)12-14-27(23,24)4/h18,20-25,29H,5-17,28H2,1-4H3/t18-,20?,21?,22?,23-,24?,25?,26+,27-/m1/s1. The number of hydrogen-bond donors (Lipinski definition) is 2. The van der Waals surface area contributed by atoms with Crippen molar-refractivity contribution in [2.24, 2.45) is 52.1 Å². The van der Waals surface area contributed by atoms with E-state index in [4.69, 9.17) is 5.73 Å². The Morgan fingerprint density at radius 2 is 1.77 bits per heavy atom. The Hall–Kier alpha value is -0.410. The molecule has 30 heavy (non-hydrogen) atoms. The molecule has 5 unspecified atom stereocenters. The van der Waals surface area contributed by atoms with E-state index in [1.807, 2.05) is 0 Å². The molecule has 0 radical (unpaired) electrons. The van der Waals surface area contributed by atoms with E-state index in [0.29, 0.717) is 28.6 Å². The molecule has 3 nitrogen and oxygen atoms in total. The van der Waals surface area contributed by atoms with Gasteiger partial charge >= 0.3 is 0 Å². The minimum atomic E-state index is 0.369. The van der Waals surface area contributed by atoms with Gasteiger partial charge in [-0.2, -0.15) is 0 Å². The van der Waals surface area contributed by atoms with Gasteiger partial charge in [-0.1, -0.05) is 20.8 Å². The van der Waals surface area contributed by atoms with Crippen LogP contribution in [0.1, 0.15) is 98.3 Å². The molecule has 0 saturated heterocycles. The van der Waals surface area contributed by atoms with Gasteiger partial charge in [-0.05, 0) is 117 Å². The van der Waals surface area contributed by atoms with E-state index in [-0.39, 0.29) is 0 Å². The summed E-state index contributed by atoms with van der Waals surface area (Å²) in [5.41, 5.74) is 6.84. The lowest BCUT2D eigenvalue weighted by Gasteiger charge is -2.61. The first-order valence-corrected chi connectivity index (χ1v) is 13.2. The molecule has 0 spiro atoms. The monoisotopic (exact) mass is 416 g/mol. The van der Waals surface area contributed by atoms with Crippen LogP contribution in [-0.2, 0) is 4.79 Å². The molecule has 4 rings (SSSR count). The second-order valence-corrected chi connectivity index (χ2v) is 12.3. The minimum absolute atomic E-state index is 0.369. The summed E-state index contributed by atoms with van der Waals surface area (Å²) in [4.78, 5) is 11.6. The summed E-state index contributed by atoms with van der Waals surface area (Å²) in [5, 5.41) is 3.73. The number of ketones is 1. The molecule has 0 aliphatic heterocycles. The maximum absolute atomic E-state index is 11.6. The molecule has 3 N–H and O–H groups in total. The average molecular weight is 417 g/mol. The zero-order valence-corrected chi connectivity index (χ0v) is 20.2. The van der Waals surface area contributed by atoms with E-state index >= 15 is 0 Å². The van der Waals surface area contributed by atoms with Crippen molar-refractivity contribution in [2.45, 2.75) is 104 Å². The van der Waals surface area contributed by atoms with Gasteiger partial charge in [-0.15, -0.1) is 0 Å². The van der Waals surface area contributed by atoms with Crippen LogP contribution in [0, 0.1) is 46.3 Å². The molecule has 0 aromatic carbocycles. The summed E-state index contributed by atoms with van der Waals surface area (Å²) in [7, 11) is 0. The van der Waals surface area contributed by atoms with E-state index in [1.54, 1.807) is 6.92 Å². The smallest absolute Gasteiger partial charge is 0.129 e. The van der Waals surface area contributed by atoms with E-state index in [0.717, 1.165) is 55.5 Å². The molecular formula is C27H48N2O. The van der Waals surface area contributed by atoms with Crippen LogP contribution in [0.2, 0.25) is 0 Å². The van der Waals surface area contributed by atoms with Gasteiger partial charge in [0.15, 0.2) is 0 Å². The second kappa shape index (κ2) is 8.85. The topological polar surface area (TPSA) is 55.1 Å². The van der Waals surface area contributed by atoms with E-state index in [2.05, 4.69) is 26.1 Å². The first-order chi connectivity index (χ1) is 14.3. The summed E-state index contributed by atoms with van der Waals surface area (Å²) >= 11 is 0. The number of nitrogens with two attached hydrogens (primary N) is 1. The quantitative estimate of drug-likeness (QED) is 0.570. The number of fused-ring (bicyclic) bond motifs is 5. The molecule has 172 valence electrons. The van der Waals surface area contributed by atoms with E-state index in [1.165, 1.54) is 57.8 Å². The Kier molecular flexibility index (Phi) is 6.72. The highest BCUT2D eigenvalue weighted by Gasteiger charge is 2.60. The molecule has 9 atom stereocenters. The molecular weight excluding hydrogens is 368 g/mol. The predicted octanol–water partition coefficient (Wildman–Crippen LogP) is 5.57. The lowest BCUT2D eigenvalue weighted by Crippen LogP contribution is -2.55. The maximum Gasteiger partial charge on any atom is 0.129 e. The van der Waals surface area contributed by atoms with Gasteiger partial charge < -0.3 is 15.8 Å². The number of carbonyl (C=O) groups excluding carboxylic acids is 1. The van der Waals surface area contributed by atoms with E-state index in [9.17, 15) is 4.79 Å². The molecule has 0 heterocycles. The zero-order valence-electron chi connectivity index (χ0n) is 20.2. The van der Waals surface area contributed by atoms with Crippen LogP contribution in [0.3, 0.4) is 0 Å². The van der Waals surface area contributed by atoms with Crippen LogP contribution in [0.25, 0.3) is 0 Å². The van der Waals surface area contributed by atoms with Crippen molar-refractivity contribution in [3.8, 4) is 0 Å². The van der Waals surface area contributed by atoms with Gasteiger partial charge in [-0.3, -0.25) is 0 Å². The molecule has 0 bridgehead atoms. The van der Waals surface area contributed by atoms with Crippen LogP contribution >= 0.6 is 0 Å². The van der Waals surface area contributed by atoms with Crippen molar-refractivity contribution in [3.05, 3.63) is 0 Å². The Balaban J connectivity index is 1.45. The Morgan fingerprint density at radius 3 is 2.50 bits per heavy atom. The summed E-state index contributed by atoms with van der Waals surface area (Å²) in [6.07, 6.45) is 14.7. The minimum Gasteiger partial charge on any atom is -0.329 e. The highest BCUT2D eigenvalue weighted by atomic mass is 16.1. The number of Topliss-reactive ketones (excluding diaryl/α,β-unsaturated/α-hetero) is 1. The third-order valence-electron chi connectivity index (χ3n) is 11.0. The van der Waals surface area contributed by atoms with E-state index < -0.39 is 0 Å². The average Bonchev–Trinajstić information content (AvgIpc) is 3.07. The van der Waals surface area contributed by atoms with Gasteiger partial charge in [-0.25, -0.2) is 0 Å². The van der Waals surface area contributed by atoms with Crippen LogP contribution in [0.15, 0.2) is 0 Å². The van der Waals surface area contributed by atoms with Crippen LogP contribution in [-0.4, -0.2) is 24.9 Å². The molecule has 3 heteroatoms. The lowest BCUT2D eigenvalue weighted by molar-refractivity contribution is -0.120. The predicted molar refractivity (Wildman–Crippen MR) is 125 cm³/mol. The van der Waals surface area contributed by atoms with Gasteiger partial charge in [0, 0.05) is 25.6 Å². The molecule has 0 aromatic rings. The van der Waals surface area contributed by atoms with Gasteiger partial charge in [0.1, 0.15) is 5.78 Å². The molecule has 4 fully saturated rings. The second-order valence-electron chi connectivity index (χ2n) is 12.3. The maximum atomic E-state index is 11.6. The highest BCUT2D eigenvalue weighted by molar-refractivity contribution is 5.75. The summed E-state index contributed by atoms with van der Waals surface area (Å²) in [6.45, 7) is 11.3. The van der Waals surface area contributed by atoms with Crippen molar-refractivity contribution in [1.82, 2.24) is 5.32 Å². The van der Waals surface area contributed by atoms with Crippen molar-refractivity contribution in [1.29, 1.82) is 0 Å². The number of rotatable bonds is 7. The Morgan fingerprint density at radius 1 is 1.03 bits per heavy atom. The third-order valence-corrected chi connectivity index (χ3v) is 11.0. The SMILES string of the molecule is CC(=O)CC[C@@H](C)[C@H]1CCC2C3CCC4CC(NCCN)CC[C@]4(C)C3CC[C@@]21C. The third kappa shape index (κ3) is 3.91. The molecule has 0 aromatic heterocycles. The van der Waals surface area contributed by atoms with Crippen molar-refractivity contribution < 1.29 is 4.79 Å². The first-order valence-electron chi connectivity index (χ1n) is 13.2. The lowest BCUT2D eigenvalue weighted by atomic mass is 9.44. The largest absolute Gasteiger partial charge is 0.329 e. The number of nitrogens with one attached hydrogen (secondary N) is 1. The number of carbonyl (C=O) groups is 1. The highest BCUT2D eigenvalue weighted by Crippen LogP contribution is 2.68. The number of hydrogen-bond acceptors (Lipinski definition) is 3.